The largest absolute Gasteiger partial charge is 0.481 e. The average molecular weight is 1090 g/mol. The number of carboxylic acids is 1. The number of ether oxygens (including phenoxy) is 2. The van der Waals surface area contributed by atoms with Gasteiger partial charge in [0.1, 0.15) is 5.82 Å². The summed E-state index contributed by atoms with van der Waals surface area (Å²) in [5.41, 5.74) is 9.43. The van der Waals surface area contributed by atoms with Gasteiger partial charge < -0.3 is 25.4 Å². The number of halogens is 3. The number of hydrogen-bond donors (Lipinski definition) is 3. The van der Waals surface area contributed by atoms with Crippen molar-refractivity contribution < 1.29 is 38.9 Å². The Labute approximate surface area is 405 Å². The zero-order valence-corrected chi connectivity index (χ0v) is 42.5. The van der Waals surface area contributed by atoms with Gasteiger partial charge in [-0.15, -0.1) is 0 Å². The molecule has 0 aliphatic carbocycles. The standard InChI is InChI=1S/C18H20N4O3.C11H14BrNO2.C9H10BrNO2.C9H12BrNO/c1-18(2,16(23)24)14-7-13(8-20-10-14)12-6-11-4-3-5-22(17(19)25)15(11)21-9-12;1-4-15-10(14)11(2,3)8-5-9(12)7-13-6-8;1-2-13-9(12)4-7-3-8(10)6-11-5-7;1-9(2,6-12)7-3-8(10)5-11-4-7/h6-10H,3-5H2,1-2H3,(H2,19,25)(H,23,24);5-7H,4H2,1-3H3;3,5-6H,2,4H2,1H3;3-5,12H,6H2,1-2H3. The van der Waals surface area contributed by atoms with Crippen molar-refractivity contribution in [2.45, 2.75) is 90.9 Å². The highest BCUT2D eigenvalue weighted by atomic mass is 79.9. The molecule has 1 aliphatic rings. The van der Waals surface area contributed by atoms with Gasteiger partial charge >= 0.3 is 23.9 Å². The Morgan fingerprint density at radius 1 is 0.692 bits per heavy atom. The molecule has 5 aromatic heterocycles. The maximum atomic E-state index is 11.7. The zero-order valence-electron chi connectivity index (χ0n) is 37.8. The van der Waals surface area contributed by atoms with Gasteiger partial charge in [0.05, 0.1) is 37.1 Å². The van der Waals surface area contributed by atoms with Crippen LogP contribution >= 0.6 is 47.8 Å². The lowest BCUT2D eigenvalue weighted by molar-refractivity contribution is -0.149. The van der Waals surface area contributed by atoms with E-state index < -0.39 is 22.8 Å². The van der Waals surface area contributed by atoms with Crippen LogP contribution in [0.3, 0.4) is 0 Å². The number of carbonyl (C=O) groups is 4. The maximum Gasteiger partial charge on any atom is 0.320 e. The minimum atomic E-state index is -1.03. The number of pyridine rings is 5. The maximum absolute atomic E-state index is 11.7. The van der Waals surface area contributed by atoms with E-state index in [-0.39, 0.29) is 30.4 Å². The average Bonchev–Trinajstić information content (AvgIpc) is 3.26. The second-order valence-corrected chi connectivity index (χ2v) is 19.1. The van der Waals surface area contributed by atoms with Crippen LogP contribution in [0.2, 0.25) is 0 Å². The van der Waals surface area contributed by atoms with Crippen molar-refractivity contribution >= 4 is 77.5 Å². The van der Waals surface area contributed by atoms with Crippen LogP contribution < -0.4 is 10.6 Å². The summed E-state index contributed by atoms with van der Waals surface area (Å²) in [5, 5.41) is 18.5. The van der Waals surface area contributed by atoms with E-state index in [1.54, 1.807) is 83.5 Å². The van der Waals surface area contributed by atoms with E-state index >= 15 is 0 Å². The van der Waals surface area contributed by atoms with Gasteiger partial charge in [-0.05, 0) is 160 Å². The third-order valence-corrected chi connectivity index (χ3v) is 11.4. The number of carbonyl (C=O) groups excluding carboxylic acids is 3. The smallest absolute Gasteiger partial charge is 0.320 e. The van der Waals surface area contributed by atoms with E-state index in [1.807, 2.05) is 58.0 Å². The highest BCUT2D eigenvalue weighted by Crippen LogP contribution is 2.32. The number of hydrogen-bond acceptors (Lipinski definition) is 12. The minimum Gasteiger partial charge on any atom is -0.481 e. The molecule has 65 heavy (non-hydrogen) atoms. The molecule has 0 spiro atoms. The molecule has 0 radical (unpaired) electrons. The summed E-state index contributed by atoms with van der Waals surface area (Å²) >= 11 is 9.94. The summed E-state index contributed by atoms with van der Waals surface area (Å²) < 4.78 is 12.5. The van der Waals surface area contributed by atoms with E-state index in [0.717, 1.165) is 59.6 Å². The summed E-state index contributed by atoms with van der Waals surface area (Å²) in [5.74, 6) is -0.767. The summed E-state index contributed by atoms with van der Waals surface area (Å²) in [6, 6.07) is 8.98. The molecule has 1 aliphatic heterocycles. The number of esters is 2. The molecule has 0 atom stereocenters. The first-order valence-corrected chi connectivity index (χ1v) is 23.0. The highest BCUT2D eigenvalue weighted by Gasteiger charge is 2.32. The van der Waals surface area contributed by atoms with Crippen LogP contribution in [0.5, 0.6) is 0 Å². The number of aliphatic hydroxyl groups is 1. The first-order chi connectivity index (χ1) is 30.6. The van der Waals surface area contributed by atoms with Crippen LogP contribution in [0.1, 0.15) is 89.6 Å². The number of fused-ring (bicyclic) bond motifs is 1. The molecule has 0 unspecified atom stereocenters. The number of urea groups is 1. The Morgan fingerprint density at radius 3 is 1.75 bits per heavy atom. The Hall–Kier alpha value is -5.17. The van der Waals surface area contributed by atoms with Gasteiger partial charge in [0.15, 0.2) is 0 Å². The molecule has 0 saturated heterocycles. The van der Waals surface area contributed by atoms with Crippen LogP contribution in [-0.4, -0.2) is 85.4 Å². The molecule has 0 fully saturated rings. The molecule has 6 heterocycles. The third-order valence-electron chi connectivity index (χ3n) is 10.1. The normalized spacial score (nSPS) is 12.1. The second-order valence-electron chi connectivity index (χ2n) is 16.4. The van der Waals surface area contributed by atoms with E-state index in [1.165, 1.54) is 4.90 Å². The van der Waals surface area contributed by atoms with E-state index in [4.69, 9.17) is 20.3 Å². The Kier molecular flexibility index (Phi) is 20.8. The van der Waals surface area contributed by atoms with Crippen LogP contribution in [0, 0.1) is 0 Å². The van der Waals surface area contributed by atoms with Crippen LogP contribution in [-0.2, 0) is 52.9 Å². The zero-order chi connectivity index (χ0) is 48.5. The monoisotopic (exact) mass is 1080 g/mol. The molecule has 2 amide bonds. The lowest BCUT2D eigenvalue weighted by Gasteiger charge is -2.27. The second kappa shape index (κ2) is 24.9. The van der Waals surface area contributed by atoms with Crippen molar-refractivity contribution in [3.63, 3.8) is 0 Å². The van der Waals surface area contributed by atoms with Crippen molar-refractivity contribution in [1.29, 1.82) is 0 Å². The van der Waals surface area contributed by atoms with Crippen molar-refractivity contribution in [3.8, 4) is 11.1 Å². The molecule has 0 aromatic carbocycles. The SMILES string of the molecule is CC(C)(C(=O)O)c1cncc(-c2cnc3c(c2)CCCN3C(N)=O)c1.CC(C)(CO)c1cncc(Br)c1.CCOC(=O)C(C)(C)c1cncc(Br)c1.CCOC(=O)Cc1cncc(Br)c1. The molecule has 0 bridgehead atoms. The van der Waals surface area contributed by atoms with Crippen molar-refractivity contribution in [2.75, 3.05) is 31.3 Å². The summed E-state index contributed by atoms with van der Waals surface area (Å²) in [7, 11) is 0. The van der Waals surface area contributed by atoms with E-state index in [0.29, 0.717) is 31.1 Å². The number of nitrogens with two attached hydrogens (primary N) is 1. The highest BCUT2D eigenvalue weighted by molar-refractivity contribution is 9.11. The Morgan fingerprint density at radius 2 is 1.22 bits per heavy atom. The summed E-state index contributed by atoms with van der Waals surface area (Å²) in [4.78, 5) is 67.9. The lowest BCUT2D eigenvalue weighted by Crippen LogP contribution is -2.40. The first kappa shape index (κ1) is 54.2. The van der Waals surface area contributed by atoms with Crippen molar-refractivity contribution in [2.24, 2.45) is 5.73 Å². The van der Waals surface area contributed by atoms with Gasteiger partial charge in [0.25, 0.3) is 0 Å². The van der Waals surface area contributed by atoms with Gasteiger partial charge in [-0.25, -0.2) is 9.78 Å². The quantitative estimate of drug-likeness (QED) is 0.105. The minimum absolute atomic E-state index is 0.130. The first-order valence-electron chi connectivity index (χ1n) is 20.6. The van der Waals surface area contributed by atoms with Crippen LogP contribution in [0.25, 0.3) is 11.1 Å². The predicted octanol–water partition coefficient (Wildman–Crippen LogP) is 9.09. The fourth-order valence-corrected chi connectivity index (χ4v) is 7.03. The Balaban J connectivity index is 0.000000243. The number of aliphatic carboxylic acids is 1. The van der Waals surface area contributed by atoms with Crippen molar-refractivity contribution in [1.82, 2.24) is 24.9 Å². The molecule has 0 saturated carbocycles. The fraction of sp³-hybridized carbons (Fsp3) is 0.383. The number of anilines is 1. The van der Waals surface area contributed by atoms with Gasteiger partial charge in [-0.2, -0.15) is 0 Å². The molecular weight excluding hydrogens is 1030 g/mol. The van der Waals surface area contributed by atoms with Gasteiger partial charge in [0, 0.05) is 92.3 Å². The van der Waals surface area contributed by atoms with Gasteiger partial charge in [-0.3, -0.25) is 39.2 Å². The summed E-state index contributed by atoms with van der Waals surface area (Å²) in [6.07, 6.45) is 17.0. The molecule has 4 N–H and O–H groups in total. The Bertz CT molecular complexity index is 2420. The van der Waals surface area contributed by atoms with Crippen LogP contribution in [0.15, 0.2) is 99.5 Å². The number of rotatable bonds is 11. The number of carboxylic acid groups (broad SMARTS) is 1. The number of nitrogens with zero attached hydrogens (tertiary/aromatic N) is 6. The van der Waals surface area contributed by atoms with Crippen molar-refractivity contribution in [3.05, 3.63) is 127 Å². The topological polar surface area (TPSA) is 221 Å². The van der Waals surface area contributed by atoms with Crippen LogP contribution in [0.4, 0.5) is 10.6 Å². The number of aliphatic hydroxyl groups excluding tert-OH is 1. The van der Waals surface area contributed by atoms with E-state index in [2.05, 4.69) is 72.7 Å². The molecule has 18 heteroatoms. The molecule has 6 rings (SSSR count). The molecule has 15 nitrogen and oxygen atoms in total. The number of primary amides is 1. The number of amides is 2. The number of aryl methyl sites for hydroxylation is 1. The molecular formula is C47H56Br3N7O8. The lowest BCUT2D eigenvalue weighted by atomic mass is 9.85. The predicted molar refractivity (Wildman–Crippen MR) is 259 cm³/mol. The van der Waals surface area contributed by atoms with Gasteiger partial charge in [0.2, 0.25) is 0 Å². The fourth-order valence-electron chi connectivity index (χ4n) is 5.89. The third kappa shape index (κ3) is 16.0. The molecule has 5 aromatic rings. The summed E-state index contributed by atoms with van der Waals surface area (Å²) in [6.45, 7) is 16.0. The number of aromatic nitrogens is 5. The van der Waals surface area contributed by atoms with Gasteiger partial charge in [-0.1, -0.05) is 13.8 Å². The van der Waals surface area contributed by atoms with E-state index in [9.17, 15) is 24.3 Å². The molecule has 348 valence electrons.